The van der Waals surface area contributed by atoms with Crippen LogP contribution in [0.3, 0.4) is 0 Å². The fraction of sp³-hybridized carbons (Fsp3) is 0.250. The molecule has 2 aromatic heterocycles. The van der Waals surface area contributed by atoms with Gasteiger partial charge in [-0.05, 0) is 49.7 Å². The highest BCUT2D eigenvalue weighted by Gasteiger charge is 2.21. The second-order valence-corrected chi connectivity index (χ2v) is 8.63. The molecule has 0 unspecified atom stereocenters. The first-order valence-electron chi connectivity index (χ1n) is 8.80. The van der Waals surface area contributed by atoms with Gasteiger partial charge in [0.05, 0.1) is 22.1 Å². The summed E-state index contributed by atoms with van der Waals surface area (Å²) in [5.74, 6) is 0.0322. The van der Waals surface area contributed by atoms with Crippen molar-refractivity contribution < 1.29 is 9.59 Å². The van der Waals surface area contributed by atoms with E-state index < -0.39 is 0 Å². The number of benzene rings is 1. The van der Waals surface area contributed by atoms with Gasteiger partial charge >= 0.3 is 0 Å². The second kappa shape index (κ2) is 7.62. The fourth-order valence-corrected chi connectivity index (χ4v) is 4.67. The molecule has 0 aliphatic carbocycles. The Balaban J connectivity index is 1.37. The summed E-state index contributed by atoms with van der Waals surface area (Å²) in [4.78, 5) is 32.7. The molecule has 27 heavy (non-hydrogen) atoms. The van der Waals surface area contributed by atoms with Crippen LogP contribution in [0.1, 0.15) is 33.1 Å². The Labute approximate surface area is 165 Å². The van der Waals surface area contributed by atoms with Crippen LogP contribution >= 0.6 is 22.7 Å². The van der Waals surface area contributed by atoms with E-state index in [0.29, 0.717) is 18.5 Å². The van der Waals surface area contributed by atoms with E-state index in [9.17, 15) is 9.59 Å². The molecule has 2 amide bonds. The monoisotopic (exact) mass is 397 g/mol. The van der Waals surface area contributed by atoms with Crippen molar-refractivity contribution in [3.05, 3.63) is 57.2 Å². The Hall–Kier alpha value is -2.51. The minimum Gasteiger partial charge on any atom is -0.347 e. The van der Waals surface area contributed by atoms with Gasteiger partial charge in [0.15, 0.2) is 0 Å². The first kappa shape index (κ1) is 17.9. The van der Waals surface area contributed by atoms with Crippen molar-refractivity contribution in [2.75, 3.05) is 11.4 Å². The number of nitrogens with zero attached hydrogens (tertiary/aromatic N) is 2. The molecule has 1 fully saturated rings. The van der Waals surface area contributed by atoms with Crippen LogP contribution in [0.5, 0.6) is 0 Å². The molecule has 0 bridgehead atoms. The largest absolute Gasteiger partial charge is 0.347 e. The molecule has 1 N–H and O–H groups in total. The average molecular weight is 398 g/mol. The number of rotatable bonds is 5. The van der Waals surface area contributed by atoms with Crippen molar-refractivity contribution in [1.82, 2.24) is 10.3 Å². The molecule has 4 rings (SSSR count). The molecular formula is C20H19N3O2S2. The first-order chi connectivity index (χ1) is 13.1. The molecule has 1 aliphatic heterocycles. The summed E-state index contributed by atoms with van der Waals surface area (Å²) < 4.78 is 0. The number of hydrogen-bond acceptors (Lipinski definition) is 5. The summed E-state index contributed by atoms with van der Waals surface area (Å²) in [6.07, 6.45) is 1.50. The van der Waals surface area contributed by atoms with E-state index in [1.807, 2.05) is 31.2 Å². The van der Waals surface area contributed by atoms with Gasteiger partial charge in [0.2, 0.25) is 5.91 Å². The highest BCUT2D eigenvalue weighted by atomic mass is 32.1. The Morgan fingerprint density at radius 1 is 1.22 bits per heavy atom. The predicted octanol–water partition coefficient (Wildman–Crippen LogP) is 4.24. The number of aromatic nitrogens is 1. The van der Waals surface area contributed by atoms with Crippen LogP contribution < -0.4 is 10.2 Å². The lowest BCUT2D eigenvalue weighted by Crippen LogP contribution is -2.24. The van der Waals surface area contributed by atoms with Crippen LogP contribution in [0.15, 0.2) is 41.8 Å². The van der Waals surface area contributed by atoms with E-state index in [0.717, 1.165) is 39.1 Å². The van der Waals surface area contributed by atoms with Crippen LogP contribution in [0, 0.1) is 6.92 Å². The molecule has 5 nitrogen and oxygen atoms in total. The maximum Gasteiger partial charge on any atom is 0.251 e. The van der Waals surface area contributed by atoms with Gasteiger partial charge in [0.25, 0.3) is 5.91 Å². The average Bonchev–Trinajstić information content (AvgIpc) is 3.41. The van der Waals surface area contributed by atoms with Gasteiger partial charge < -0.3 is 10.2 Å². The smallest absolute Gasteiger partial charge is 0.251 e. The zero-order valence-corrected chi connectivity index (χ0v) is 16.5. The highest BCUT2D eigenvalue weighted by molar-refractivity contribution is 7.16. The Bertz CT molecular complexity index is 975. The summed E-state index contributed by atoms with van der Waals surface area (Å²) in [6, 6.07) is 11.3. The maximum absolute atomic E-state index is 12.4. The Morgan fingerprint density at radius 2 is 2.04 bits per heavy atom. The number of thiazole rings is 1. The summed E-state index contributed by atoms with van der Waals surface area (Å²) in [6.45, 7) is 3.23. The summed E-state index contributed by atoms with van der Waals surface area (Å²) >= 11 is 3.28. The summed E-state index contributed by atoms with van der Waals surface area (Å²) in [7, 11) is 0. The number of carbonyl (C=O) groups is 2. The van der Waals surface area contributed by atoms with E-state index in [1.54, 1.807) is 39.7 Å². The minimum atomic E-state index is -0.117. The zero-order chi connectivity index (χ0) is 18.8. The number of aryl methyl sites for hydroxylation is 1. The van der Waals surface area contributed by atoms with Crippen molar-refractivity contribution >= 4 is 40.2 Å². The first-order valence-corrected chi connectivity index (χ1v) is 10.5. The number of anilines is 1. The molecule has 138 valence electrons. The van der Waals surface area contributed by atoms with Crippen molar-refractivity contribution in [2.45, 2.75) is 26.3 Å². The van der Waals surface area contributed by atoms with Crippen molar-refractivity contribution in [3.63, 3.8) is 0 Å². The van der Waals surface area contributed by atoms with Crippen molar-refractivity contribution in [2.24, 2.45) is 0 Å². The molecule has 1 saturated heterocycles. The zero-order valence-electron chi connectivity index (χ0n) is 14.9. The molecule has 0 spiro atoms. The van der Waals surface area contributed by atoms with Crippen LogP contribution in [0.25, 0.3) is 10.6 Å². The van der Waals surface area contributed by atoms with Crippen molar-refractivity contribution in [1.29, 1.82) is 0 Å². The van der Waals surface area contributed by atoms with Crippen LogP contribution in [0.4, 0.5) is 5.69 Å². The molecule has 0 atom stereocenters. The van der Waals surface area contributed by atoms with E-state index >= 15 is 0 Å². The lowest BCUT2D eigenvalue weighted by molar-refractivity contribution is -0.117. The van der Waals surface area contributed by atoms with Crippen molar-refractivity contribution in [3.8, 4) is 10.6 Å². The van der Waals surface area contributed by atoms with E-state index in [4.69, 9.17) is 0 Å². The number of hydrogen-bond donors (Lipinski definition) is 1. The summed E-state index contributed by atoms with van der Waals surface area (Å²) in [5.41, 5.74) is 2.44. The Kier molecular flexibility index (Phi) is 5.05. The van der Waals surface area contributed by atoms with Gasteiger partial charge in [-0.3, -0.25) is 9.59 Å². The molecular weight excluding hydrogens is 378 g/mol. The lowest BCUT2D eigenvalue weighted by atomic mass is 10.2. The minimum absolute atomic E-state index is 0.117. The van der Waals surface area contributed by atoms with Gasteiger partial charge in [-0.15, -0.1) is 22.7 Å². The van der Waals surface area contributed by atoms with Crippen LogP contribution in [0.2, 0.25) is 0 Å². The molecule has 0 radical (unpaired) electrons. The third kappa shape index (κ3) is 3.94. The van der Waals surface area contributed by atoms with Gasteiger partial charge in [0, 0.05) is 34.5 Å². The van der Waals surface area contributed by atoms with Crippen LogP contribution in [-0.2, 0) is 11.3 Å². The third-order valence-corrected chi connectivity index (χ3v) is 6.35. The molecule has 3 aromatic rings. The molecule has 7 heteroatoms. The van der Waals surface area contributed by atoms with Gasteiger partial charge in [-0.25, -0.2) is 4.98 Å². The number of amides is 2. The maximum atomic E-state index is 12.4. The standard InChI is InChI=1S/C20H19N3O2S2/c1-13-22-17(12-26-13)18-9-8-16(27-18)11-21-20(25)14-4-6-15(7-5-14)23-10-2-3-19(23)24/h4-9,12H,2-3,10-11H2,1H3,(H,21,25). The number of nitrogens with one attached hydrogen (secondary N) is 1. The van der Waals surface area contributed by atoms with Gasteiger partial charge in [0.1, 0.15) is 0 Å². The molecule has 0 saturated carbocycles. The number of thiophene rings is 1. The molecule has 1 aliphatic rings. The van der Waals surface area contributed by atoms with Crippen LogP contribution in [-0.4, -0.2) is 23.3 Å². The van der Waals surface area contributed by atoms with E-state index in [1.165, 1.54) is 0 Å². The van der Waals surface area contributed by atoms with Gasteiger partial charge in [-0.2, -0.15) is 0 Å². The SMILES string of the molecule is Cc1nc(-c2ccc(CNC(=O)c3ccc(N4CCCC4=O)cc3)s2)cs1. The summed E-state index contributed by atoms with van der Waals surface area (Å²) in [5, 5.41) is 6.06. The quantitative estimate of drug-likeness (QED) is 0.701. The number of carbonyl (C=O) groups excluding carboxylic acids is 2. The normalized spacial score (nSPS) is 14.0. The Morgan fingerprint density at radius 3 is 2.70 bits per heavy atom. The molecule has 3 heterocycles. The lowest BCUT2D eigenvalue weighted by Gasteiger charge is -2.15. The fourth-order valence-electron chi connectivity index (χ4n) is 3.07. The highest BCUT2D eigenvalue weighted by Crippen LogP contribution is 2.29. The molecule has 1 aromatic carbocycles. The van der Waals surface area contributed by atoms with E-state index in [2.05, 4.69) is 15.7 Å². The topological polar surface area (TPSA) is 62.3 Å². The second-order valence-electron chi connectivity index (χ2n) is 6.40. The van der Waals surface area contributed by atoms with Gasteiger partial charge in [-0.1, -0.05) is 0 Å². The van der Waals surface area contributed by atoms with E-state index in [-0.39, 0.29) is 11.8 Å². The third-order valence-electron chi connectivity index (χ3n) is 4.47. The predicted molar refractivity (Wildman–Crippen MR) is 109 cm³/mol.